The average Bonchev–Trinajstić information content (AvgIpc) is 3.11. The van der Waals surface area contributed by atoms with Gasteiger partial charge in [-0.15, -0.1) is 0 Å². The first kappa shape index (κ1) is 22.7. The summed E-state index contributed by atoms with van der Waals surface area (Å²) >= 11 is 0. The van der Waals surface area contributed by atoms with Crippen LogP contribution >= 0.6 is 0 Å². The van der Waals surface area contributed by atoms with Crippen LogP contribution in [0.25, 0.3) is 22.2 Å². The van der Waals surface area contributed by atoms with Crippen LogP contribution in [0.3, 0.4) is 0 Å². The Kier molecular flexibility index (Phi) is 7.55. The van der Waals surface area contributed by atoms with Crippen molar-refractivity contribution in [1.82, 2.24) is 9.88 Å². The molecule has 0 unspecified atom stereocenters. The SMILES string of the molecule is CCCCNC(=O)N(N)c1ccc(-c2c(CCN)c3cc(OC)ccc3n2CC)cc1. The molecule has 0 fully saturated rings. The van der Waals surface area contributed by atoms with Crippen molar-refractivity contribution in [3.05, 3.63) is 48.0 Å². The highest BCUT2D eigenvalue weighted by molar-refractivity contribution is 5.94. The molecule has 3 rings (SSSR count). The van der Waals surface area contributed by atoms with E-state index in [-0.39, 0.29) is 6.03 Å². The summed E-state index contributed by atoms with van der Waals surface area (Å²) in [5.74, 6) is 6.85. The van der Waals surface area contributed by atoms with Gasteiger partial charge >= 0.3 is 6.03 Å². The molecule has 3 aromatic rings. The number of nitrogens with one attached hydrogen (secondary N) is 1. The molecule has 7 heteroatoms. The zero-order valence-corrected chi connectivity index (χ0v) is 18.6. The van der Waals surface area contributed by atoms with Gasteiger partial charge in [0.1, 0.15) is 5.75 Å². The van der Waals surface area contributed by atoms with Crippen LogP contribution in [0, 0.1) is 0 Å². The zero-order valence-electron chi connectivity index (χ0n) is 18.6. The quantitative estimate of drug-likeness (QED) is 0.209. The first-order valence-electron chi connectivity index (χ1n) is 10.9. The second kappa shape index (κ2) is 10.3. The third kappa shape index (κ3) is 4.68. The maximum atomic E-state index is 12.3. The molecule has 31 heavy (non-hydrogen) atoms. The number of carbonyl (C=O) groups is 1. The summed E-state index contributed by atoms with van der Waals surface area (Å²) in [6.07, 6.45) is 2.70. The normalized spacial score (nSPS) is 11.0. The van der Waals surface area contributed by atoms with Crippen LogP contribution < -0.4 is 26.6 Å². The number of carbonyl (C=O) groups excluding carboxylic acids is 1. The van der Waals surface area contributed by atoms with E-state index in [9.17, 15) is 4.79 Å². The summed E-state index contributed by atoms with van der Waals surface area (Å²) < 4.78 is 7.74. The van der Waals surface area contributed by atoms with Crippen LogP contribution in [0.15, 0.2) is 42.5 Å². The monoisotopic (exact) mass is 423 g/mol. The van der Waals surface area contributed by atoms with Crippen molar-refractivity contribution in [2.24, 2.45) is 11.6 Å². The summed E-state index contributed by atoms with van der Waals surface area (Å²) in [5, 5.41) is 5.14. The number of ether oxygens (including phenoxy) is 1. The van der Waals surface area contributed by atoms with Crippen molar-refractivity contribution < 1.29 is 9.53 Å². The molecule has 0 spiro atoms. The van der Waals surface area contributed by atoms with Gasteiger partial charge in [-0.2, -0.15) is 0 Å². The zero-order chi connectivity index (χ0) is 22.4. The number of hydrogen-bond donors (Lipinski definition) is 3. The number of nitrogens with zero attached hydrogens (tertiary/aromatic N) is 2. The maximum Gasteiger partial charge on any atom is 0.336 e. The van der Waals surface area contributed by atoms with Crippen molar-refractivity contribution in [2.75, 3.05) is 25.2 Å². The minimum Gasteiger partial charge on any atom is -0.497 e. The number of aromatic nitrogens is 1. The molecule has 1 aromatic heterocycles. The molecule has 166 valence electrons. The Hall–Kier alpha value is -3.03. The summed E-state index contributed by atoms with van der Waals surface area (Å²) in [6, 6.07) is 13.6. The molecule has 0 aliphatic carbocycles. The number of hydrazine groups is 1. The molecule has 7 nitrogen and oxygen atoms in total. The van der Waals surface area contributed by atoms with Crippen molar-refractivity contribution in [2.45, 2.75) is 39.7 Å². The molecule has 5 N–H and O–H groups in total. The van der Waals surface area contributed by atoms with E-state index in [1.165, 1.54) is 5.56 Å². The number of benzene rings is 2. The molecule has 0 bridgehead atoms. The molecule has 2 aromatic carbocycles. The first-order chi connectivity index (χ1) is 15.0. The standard InChI is InChI=1S/C24H33N5O2/c1-4-6-15-27-24(30)29(26)18-9-7-17(8-10-18)23-20(13-14-25)21-16-19(31-3)11-12-22(21)28(23)5-2/h7-12,16H,4-6,13-15,25-26H2,1-3H3,(H,27,30). The fourth-order valence-electron chi connectivity index (χ4n) is 3.94. The second-order valence-electron chi connectivity index (χ2n) is 7.50. The number of amides is 2. The molecular formula is C24H33N5O2. The molecule has 0 saturated heterocycles. The predicted octanol–water partition coefficient (Wildman–Crippen LogP) is 4.03. The maximum absolute atomic E-state index is 12.3. The third-order valence-electron chi connectivity index (χ3n) is 5.53. The summed E-state index contributed by atoms with van der Waals surface area (Å²) in [7, 11) is 1.68. The van der Waals surface area contributed by atoms with Crippen LogP contribution in [0.2, 0.25) is 0 Å². The van der Waals surface area contributed by atoms with Gasteiger partial charge in [0.2, 0.25) is 0 Å². The van der Waals surface area contributed by atoms with Crippen molar-refractivity contribution in [1.29, 1.82) is 0 Å². The van der Waals surface area contributed by atoms with Crippen LogP contribution in [0.1, 0.15) is 32.3 Å². The molecule has 2 amide bonds. The number of urea groups is 1. The molecule has 0 saturated carbocycles. The second-order valence-corrected chi connectivity index (χ2v) is 7.50. The first-order valence-corrected chi connectivity index (χ1v) is 10.9. The van der Waals surface area contributed by atoms with Crippen molar-refractivity contribution >= 4 is 22.6 Å². The topological polar surface area (TPSA) is 98.5 Å². The lowest BCUT2D eigenvalue weighted by molar-refractivity contribution is 0.246. The smallest absolute Gasteiger partial charge is 0.336 e. The lowest BCUT2D eigenvalue weighted by Gasteiger charge is -2.18. The predicted molar refractivity (Wildman–Crippen MR) is 127 cm³/mol. The van der Waals surface area contributed by atoms with E-state index >= 15 is 0 Å². The number of fused-ring (bicyclic) bond motifs is 1. The van der Waals surface area contributed by atoms with Gasteiger partial charge in [-0.05, 0) is 67.8 Å². The number of anilines is 1. The number of unbranched alkanes of at least 4 members (excludes halogenated alkanes) is 1. The Morgan fingerprint density at radius 3 is 2.52 bits per heavy atom. The lowest BCUT2D eigenvalue weighted by Crippen LogP contribution is -2.45. The van der Waals surface area contributed by atoms with E-state index in [0.717, 1.165) is 58.7 Å². The van der Waals surface area contributed by atoms with Gasteiger partial charge in [0, 0.05) is 24.0 Å². The number of hydrogen-bond acceptors (Lipinski definition) is 4. The molecule has 1 heterocycles. The van der Waals surface area contributed by atoms with E-state index in [0.29, 0.717) is 18.8 Å². The molecule has 0 atom stereocenters. The fraction of sp³-hybridized carbons (Fsp3) is 0.375. The summed E-state index contributed by atoms with van der Waals surface area (Å²) in [6.45, 7) is 6.21. The fourth-order valence-corrected chi connectivity index (χ4v) is 3.94. The molecular weight excluding hydrogens is 390 g/mol. The number of nitrogens with two attached hydrogens (primary N) is 2. The number of methoxy groups -OCH3 is 1. The number of rotatable bonds is 9. The highest BCUT2D eigenvalue weighted by atomic mass is 16.5. The third-order valence-corrected chi connectivity index (χ3v) is 5.53. The Labute approximate surface area is 183 Å². The molecule has 0 aliphatic rings. The van der Waals surface area contributed by atoms with Crippen molar-refractivity contribution in [3.8, 4) is 17.0 Å². The van der Waals surface area contributed by atoms with E-state index in [4.69, 9.17) is 16.3 Å². The van der Waals surface area contributed by atoms with Crippen molar-refractivity contribution in [3.63, 3.8) is 0 Å². The highest BCUT2D eigenvalue weighted by Gasteiger charge is 2.19. The lowest BCUT2D eigenvalue weighted by atomic mass is 10.0. The Bertz CT molecular complexity index is 1030. The summed E-state index contributed by atoms with van der Waals surface area (Å²) in [4.78, 5) is 12.3. The molecule has 0 radical (unpaired) electrons. The van der Waals surface area contributed by atoms with E-state index in [1.807, 2.05) is 30.3 Å². The minimum atomic E-state index is -0.306. The average molecular weight is 424 g/mol. The Balaban J connectivity index is 1.99. The Morgan fingerprint density at radius 1 is 1.16 bits per heavy atom. The minimum absolute atomic E-state index is 0.306. The van der Waals surface area contributed by atoms with Gasteiger partial charge in [0.15, 0.2) is 0 Å². The van der Waals surface area contributed by atoms with Gasteiger partial charge in [0.05, 0.1) is 18.5 Å². The largest absolute Gasteiger partial charge is 0.497 e. The van der Waals surface area contributed by atoms with Gasteiger partial charge in [-0.1, -0.05) is 25.5 Å². The van der Waals surface area contributed by atoms with Gasteiger partial charge in [0.25, 0.3) is 0 Å². The van der Waals surface area contributed by atoms with Crippen LogP contribution in [-0.4, -0.2) is 30.8 Å². The van der Waals surface area contributed by atoms with Crippen LogP contribution in [-0.2, 0) is 13.0 Å². The van der Waals surface area contributed by atoms with Crippen LogP contribution in [0.5, 0.6) is 5.75 Å². The van der Waals surface area contributed by atoms with Gasteiger partial charge < -0.3 is 20.4 Å². The van der Waals surface area contributed by atoms with E-state index in [2.05, 4.69) is 35.9 Å². The summed E-state index contributed by atoms with van der Waals surface area (Å²) in [5.41, 5.74) is 11.1. The van der Waals surface area contributed by atoms with Crippen LogP contribution in [0.4, 0.5) is 10.5 Å². The van der Waals surface area contributed by atoms with E-state index < -0.39 is 0 Å². The highest BCUT2D eigenvalue weighted by Crippen LogP contribution is 2.36. The van der Waals surface area contributed by atoms with Gasteiger partial charge in [-0.3, -0.25) is 0 Å². The van der Waals surface area contributed by atoms with E-state index in [1.54, 1.807) is 7.11 Å². The molecule has 0 aliphatic heterocycles. The Morgan fingerprint density at radius 2 is 1.90 bits per heavy atom. The number of aryl methyl sites for hydroxylation is 1. The van der Waals surface area contributed by atoms with Gasteiger partial charge in [-0.25, -0.2) is 15.6 Å².